The second-order valence-electron chi connectivity index (χ2n) is 5.66. The summed E-state index contributed by atoms with van der Waals surface area (Å²) in [4.78, 5) is 12.5. The third-order valence-corrected chi connectivity index (χ3v) is 4.93. The summed E-state index contributed by atoms with van der Waals surface area (Å²) in [5, 5.41) is 0. The zero-order chi connectivity index (χ0) is 11.9. The van der Waals surface area contributed by atoms with Crippen molar-refractivity contribution in [3.63, 3.8) is 0 Å². The van der Waals surface area contributed by atoms with Crippen LogP contribution in [0.25, 0.3) is 0 Å². The zero-order valence-corrected chi connectivity index (χ0v) is 9.76. The zero-order valence-electron chi connectivity index (χ0n) is 9.76. The standard InChI is InChI=1S/C15H12O3/c16-15-10-5-12-11(17-6-18-12)4-9(10)13-7-1-2-8(3-7)14(13)15/h1-2,4-5,7-8,13-14H,3,6H2/t7-,8+,13-,14-/m0/s1. The van der Waals surface area contributed by atoms with Crippen LogP contribution in [0.3, 0.4) is 0 Å². The third-order valence-electron chi connectivity index (χ3n) is 4.93. The Morgan fingerprint density at radius 3 is 2.56 bits per heavy atom. The first-order valence-corrected chi connectivity index (χ1v) is 6.49. The highest BCUT2D eigenvalue weighted by Gasteiger charge is 2.54. The van der Waals surface area contributed by atoms with Gasteiger partial charge in [-0.2, -0.15) is 0 Å². The Balaban J connectivity index is 1.74. The van der Waals surface area contributed by atoms with E-state index in [0.29, 0.717) is 23.5 Å². The van der Waals surface area contributed by atoms with Crippen molar-refractivity contribution in [3.8, 4) is 11.5 Å². The molecule has 4 aliphatic rings. The second-order valence-corrected chi connectivity index (χ2v) is 5.66. The van der Waals surface area contributed by atoms with E-state index in [9.17, 15) is 4.79 Å². The smallest absolute Gasteiger partial charge is 0.231 e. The molecule has 3 aliphatic carbocycles. The van der Waals surface area contributed by atoms with Crippen LogP contribution in [0.2, 0.25) is 0 Å². The van der Waals surface area contributed by atoms with Crippen LogP contribution in [0.1, 0.15) is 28.3 Å². The van der Waals surface area contributed by atoms with Gasteiger partial charge in [0.2, 0.25) is 6.79 Å². The van der Waals surface area contributed by atoms with Gasteiger partial charge in [-0.25, -0.2) is 0 Å². The van der Waals surface area contributed by atoms with Gasteiger partial charge >= 0.3 is 0 Å². The lowest BCUT2D eigenvalue weighted by atomic mass is 9.83. The molecular weight excluding hydrogens is 228 g/mol. The van der Waals surface area contributed by atoms with Crippen molar-refractivity contribution in [2.75, 3.05) is 6.79 Å². The van der Waals surface area contributed by atoms with Crippen molar-refractivity contribution in [3.05, 3.63) is 35.4 Å². The van der Waals surface area contributed by atoms with E-state index in [1.54, 1.807) is 0 Å². The minimum Gasteiger partial charge on any atom is -0.454 e. The summed E-state index contributed by atoms with van der Waals surface area (Å²) in [5.74, 6) is 3.40. The fourth-order valence-electron chi connectivity index (χ4n) is 4.23. The van der Waals surface area contributed by atoms with E-state index >= 15 is 0 Å². The number of hydrogen-bond acceptors (Lipinski definition) is 3. The van der Waals surface area contributed by atoms with E-state index in [2.05, 4.69) is 12.2 Å². The first-order valence-electron chi connectivity index (χ1n) is 6.49. The van der Waals surface area contributed by atoms with Gasteiger partial charge in [-0.3, -0.25) is 4.79 Å². The van der Waals surface area contributed by atoms with E-state index in [4.69, 9.17) is 9.47 Å². The Bertz CT molecular complexity index is 616. The lowest BCUT2D eigenvalue weighted by Crippen LogP contribution is -2.18. The van der Waals surface area contributed by atoms with Crippen LogP contribution in [0.4, 0.5) is 0 Å². The van der Waals surface area contributed by atoms with Gasteiger partial charge in [0.25, 0.3) is 0 Å². The maximum Gasteiger partial charge on any atom is 0.231 e. The maximum atomic E-state index is 12.5. The number of fused-ring (bicyclic) bond motifs is 8. The number of benzene rings is 1. The molecule has 0 radical (unpaired) electrons. The molecule has 90 valence electrons. The van der Waals surface area contributed by atoms with E-state index in [-0.39, 0.29) is 12.7 Å². The molecular formula is C15H12O3. The quantitative estimate of drug-likeness (QED) is 0.654. The Labute approximate surface area is 104 Å². The summed E-state index contributed by atoms with van der Waals surface area (Å²) in [6.45, 7) is 0.270. The molecule has 0 aromatic heterocycles. The molecule has 0 spiro atoms. The molecule has 3 heteroatoms. The highest BCUT2D eigenvalue weighted by Crippen LogP contribution is 2.59. The number of allylic oxidation sites excluding steroid dienone is 2. The van der Waals surface area contributed by atoms with Crippen molar-refractivity contribution in [1.82, 2.24) is 0 Å². The van der Waals surface area contributed by atoms with Gasteiger partial charge in [-0.05, 0) is 36.0 Å². The van der Waals surface area contributed by atoms with Crippen LogP contribution in [-0.4, -0.2) is 12.6 Å². The number of ether oxygens (including phenoxy) is 2. The minimum atomic E-state index is 0.178. The normalized spacial score (nSPS) is 37.2. The van der Waals surface area contributed by atoms with Crippen LogP contribution in [0, 0.1) is 17.8 Å². The second kappa shape index (κ2) is 2.79. The van der Waals surface area contributed by atoms with Crippen LogP contribution < -0.4 is 9.47 Å². The summed E-state index contributed by atoms with van der Waals surface area (Å²) in [6, 6.07) is 3.92. The Kier molecular flexibility index (Phi) is 1.43. The van der Waals surface area contributed by atoms with E-state index in [0.717, 1.165) is 23.5 Å². The lowest BCUT2D eigenvalue weighted by molar-refractivity contribution is 0.0910. The summed E-state index contributed by atoms with van der Waals surface area (Å²) in [5.41, 5.74) is 2.05. The maximum absolute atomic E-state index is 12.5. The van der Waals surface area contributed by atoms with Crippen molar-refractivity contribution in [2.24, 2.45) is 17.8 Å². The molecule has 5 rings (SSSR count). The van der Waals surface area contributed by atoms with Crippen molar-refractivity contribution < 1.29 is 14.3 Å². The molecule has 0 amide bonds. The summed E-state index contributed by atoms with van der Waals surface area (Å²) in [6.07, 6.45) is 5.67. The van der Waals surface area contributed by atoms with Crippen molar-refractivity contribution >= 4 is 5.78 Å². The summed E-state index contributed by atoms with van der Waals surface area (Å²) in [7, 11) is 0. The Hall–Kier alpha value is -1.77. The molecule has 1 aromatic carbocycles. The largest absolute Gasteiger partial charge is 0.454 e. The first kappa shape index (κ1) is 9.20. The molecule has 0 saturated heterocycles. The highest BCUT2D eigenvalue weighted by molar-refractivity contribution is 6.04. The fourth-order valence-corrected chi connectivity index (χ4v) is 4.23. The minimum absolute atomic E-state index is 0.178. The monoisotopic (exact) mass is 240 g/mol. The van der Waals surface area contributed by atoms with Crippen molar-refractivity contribution in [2.45, 2.75) is 12.3 Å². The molecule has 4 atom stereocenters. The van der Waals surface area contributed by atoms with Crippen LogP contribution in [-0.2, 0) is 0 Å². The van der Waals surface area contributed by atoms with Gasteiger partial charge in [-0.15, -0.1) is 0 Å². The average molecular weight is 240 g/mol. The molecule has 1 fully saturated rings. The van der Waals surface area contributed by atoms with Crippen LogP contribution in [0.15, 0.2) is 24.3 Å². The molecule has 1 saturated carbocycles. The Morgan fingerprint density at radius 1 is 1.00 bits per heavy atom. The summed E-state index contributed by atoms with van der Waals surface area (Å²) < 4.78 is 10.8. The molecule has 1 aromatic rings. The van der Waals surface area contributed by atoms with Gasteiger partial charge in [0.15, 0.2) is 17.3 Å². The highest BCUT2D eigenvalue weighted by atomic mass is 16.7. The molecule has 18 heavy (non-hydrogen) atoms. The molecule has 2 bridgehead atoms. The van der Waals surface area contributed by atoms with Gasteiger partial charge in [0.1, 0.15) is 0 Å². The number of carbonyl (C=O) groups is 1. The molecule has 1 heterocycles. The van der Waals surface area contributed by atoms with E-state index < -0.39 is 0 Å². The van der Waals surface area contributed by atoms with E-state index in [1.165, 1.54) is 5.56 Å². The van der Waals surface area contributed by atoms with Gasteiger partial charge < -0.3 is 9.47 Å². The Morgan fingerprint density at radius 2 is 1.72 bits per heavy atom. The average Bonchev–Trinajstić information content (AvgIpc) is 3.11. The van der Waals surface area contributed by atoms with Gasteiger partial charge in [-0.1, -0.05) is 12.2 Å². The van der Waals surface area contributed by atoms with Crippen LogP contribution in [0.5, 0.6) is 11.5 Å². The number of Topliss-reactive ketones (excluding diaryl/α,β-unsaturated/α-hetero) is 1. The summed E-state index contributed by atoms with van der Waals surface area (Å²) >= 11 is 0. The molecule has 3 nitrogen and oxygen atoms in total. The molecule has 0 unspecified atom stereocenters. The van der Waals surface area contributed by atoms with Gasteiger partial charge in [0.05, 0.1) is 0 Å². The number of ketones is 1. The SMILES string of the molecule is O=C1c2cc3c(cc2[C@H]2[C@@H]1[C@@H]1C=C[C@H]2C1)OCO3. The molecule has 0 N–H and O–H groups in total. The first-order chi connectivity index (χ1) is 8.83. The number of carbonyl (C=O) groups excluding carboxylic acids is 1. The van der Waals surface area contributed by atoms with Gasteiger partial charge in [0, 0.05) is 17.4 Å². The predicted molar refractivity (Wildman–Crippen MR) is 63.9 cm³/mol. The number of rotatable bonds is 0. The number of hydrogen-bond donors (Lipinski definition) is 0. The van der Waals surface area contributed by atoms with Crippen molar-refractivity contribution in [1.29, 1.82) is 0 Å². The lowest BCUT2D eigenvalue weighted by Gasteiger charge is -2.19. The third kappa shape index (κ3) is 0.879. The van der Waals surface area contributed by atoms with E-state index in [1.807, 2.05) is 12.1 Å². The molecule has 1 aliphatic heterocycles. The van der Waals surface area contributed by atoms with Crippen LogP contribution >= 0.6 is 0 Å². The fraction of sp³-hybridized carbons (Fsp3) is 0.400. The predicted octanol–water partition coefficient (Wildman–Crippen LogP) is 2.52. The topological polar surface area (TPSA) is 35.5 Å².